The van der Waals surface area contributed by atoms with Crippen molar-refractivity contribution < 1.29 is 4.52 Å². The average Bonchev–Trinajstić information content (AvgIpc) is 3.13. The van der Waals surface area contributed by atoms with Crippen molar-refractivity contribution in [1.29, 1.82) is 0 Å². The van der Waals surface area contributed by atoms with Gasteiger partial charge < -0.3 is 15.2 Å². The number of rotatable bonds is 4. The van der Waals surface area contributed by atoms with Gasteiger partial charge in [0.05, 0.1) is 6.54 Å². The van der Waals surface area contributed by atoms with Gasteiger partial charge >= 0.3 is 0 Å². The van der Waals surface area contributed by atoms with Gasteiger partial charge in [-0.25, -0.2) is 4.98 Å². The van der Waals surface area contributed by atoms with Crippen LogP contribution in [-0.2, 0) is 6.54 Å². The van der Waals surface area contributed by atoms with Crippen LogP contribution in [-0.4, -0.2) is 27.2 Å². The normalized spacial score (nSPS) is 14.6. The molecule has 2 aromatic heterocycles. The Balaban J connectivity index is 1.75. The molecule has 0 bridgehead atoms. The lowest BCUT2D eigenvalue weighted by atomic mass is 10.3. The van der Waals surface area contributed by atoms with E-state index in [0.29, 0.717) is 18.3 Å². The zero-order chi connectivity index (χ0) is 13.4. The van der Waals surface area contributed by atoms with Gasteiger partial charge in [-0.3, -0.25) is 0 Å². The van der Waals surface area contributed by atoms with Gasteiger partial charge in [0.1, 0.15) is 5.82 Å². The van der Waals surface area contributed by atoms with Crippen molar-refractivity contribution in [1.82, 2.24) is 20.1 Å². The molecule has 2 N–H and O–H groups in total. The van der Waals surface area contributed by atoms with Crippen molar-refractivity contribution in [2.45, 2.75) is 32.2 Å². The van der Waals surface area contributed by atoms with Crippen molar-refractivity contribution in [3.05, 3.63) is 23.5 Å². The van der Waals surface area contributed by atoms with E-state index in [2.05, 4.69) is 20.1 Å². The fourth-order valence-electron chi connectivity index (χ4n) is 1.95. The third-order valence-corrected chi connectivity index (χ3v) is 3.11. The molecule has 1 aliphatic rings. The third-order valence-electron chi connectivity index (χ3n) is 3.11. The zero-order valence-corrected chi connectivity index (χ0v) is 11.0. The summed E-state index contributed by atoms with van der Waals surface area (Å²) in [6.07, 6.45) is 4.01. The van der Waals surface area contributed by atoms with E-state index in [4.69, 9.17) is 10.3 Å². The molecule has 1 saturated carbocycles. The lowest BCUT2D eigenvalue weighted by Gasteiger charge is -2.17. The van der Waals surface area contributed by atoms with E-state index in [0.717, 1.165) is 30.1 Å². The maximum atomic E-state index is 5.61. The first-order valence-electron chi connectivity index (χ1n) is 6.26. The van der Waals surface area contributed by atoms with Crippen LogP contribution in [0.25, 0.3) is 0 Å². The zero-order valence-electron chi connectivity index (χ0n) is 11.0. The molecule has 7 heteroatoms. The van der Waals surface area contributed by atoms with E-state index in [1.807, 2.05) is 18.9 Å². The van der Waals surface area contributed by atoms with E-state index < -0.39 is 0 Å². The van der Waals surface area contributed by atoms with Gasteiger partial charge in [0.25, 0.3) is 0 Å². The van der Waals surface area contributed by atoms with Crippen LogP contribution in [0.15, 0.2) is 10.7 Å². The molecule has 7 nitrogen and oxygen atoms in total. The second-order valence-corrected chi connectivity index (χ2v) is 4.91. The van der Waals surface area contributed by atoms with E-state index in [1.54, 1.807) is 6.20 Å². The Morgan fingerprint density at radius 1 is 1.42 bits per heavy atom. The number of nitrogen functional groups attached to an aromatic ring is 1. The molecule has 0 atom stereocenters. The van der Waals surface area contributed by atoms with Crippen LogP contribution in [0.4, 0.5) is 11.8 Å². The molecule has 1 fully saturated rings. The van der Waals surface area contributed by atoms with Crippen LogP contribution in [0.5, 0.6) is 0 Å². The minimum atomic E-state index is 0.263. The van der Waals surface area contributed by atoms with Gasteiger partial charge in [0.15, 0.2) is 5.82 Å². The summed E-state index contributed by atoms with van der Waals surface area (Å²) in [4.78, 5) is 14.5. The number of aromatic nitrogens is 4. The summed E-state index contributed by atoms with van der Waals surface area (Å²) in [7, 11) is 1.92. The second-order valence-electron chi connectivity index (χ2n) is 4.91. The van der Waals surface area contributed by atoms with Crippen LogP contribution >= 0.6 is 0 Å². The SMILES string of the molecule is Cc1cnc(N)nc1N(C)Cc1noc(C2CC2)n1. The lowest BCUT2D eigenvalue weighted by Crippen LogP contribution is -2.20. The first-order valence-corrected chi connectivity index (χ1v) is 6.26. The maximum Gasteiger partial charge on any atom is 0.229 e. The molecular formula is C12H16N6O. The summed E-state index contributed by atoms with van der Waals surface area (Å²) in [5.41, 5.74) is 6.57. The first-order chi connectivity index (χ1) is 9.13. The molecule has 2 heterocycles. The molecule has 2 aromatic rings. The molecule has 3 rings (SSSR count). The Labute approximate surface area is 110 Å². The summed E-state index contributed by atoms with van der Waals surface area (Å²) in [6.45, 7) is 2.48. The van der Waals surface area contributed by atoms with Crippen LogP contribution in [0.2, 0.25) is 0 Å². The van der Waals surface area contributed by atoms with E-state index >= 15 is 0 Å². The van der Waals surface area contributed by atoms with Crippen LogP contribution in [0.3, 0.4) is 0 Å². The van der Waals surface area contributed by atoms with Gasteiger partial charge in [-0.05, 0) is 19.8 Å². The summed E-state index contributed by atoms with van der Waals surface area (Å²) < 4.78 is 5.23. The molecule has 0 amide bonds. The van der Waals surface area contributed by atoms with Crippen LogP contribution in [0.1, 0.15) is 36.0 Å². The Bertz CT molecular complexity index is 592. The number of nitrogens with zero attached hydrogens (tertiary/aromatic N) is 5. The molecule has 1 aliphatic carbocycles. The highest BCUT2D eigenvalue weighted by molar-refractivity contribution is 5.47. The summed E-state index contributed by atoms with van der Waals surface area (Å²) in [6, 6.07) is 0. The van der Waals surface area contributed by atoms with Gasteiger partial charge in [-0.1, -0.05) is 5.16 Å². The monoisotopic (exact) mass is 260 g/mol. The third kappa shape index (κ3) is 2.49. The van der Waals surface area contributed by atoms with Crippen molar-refractivity contribution in [2.24, 2.45) is 0 Å². The predicted octanol–water partition coefficient (Wildman–Crippen LogP) is 1.26. The Morgan fingerprint density at radius 2 is 2.21 bits per heavy atom. The summed E-state index contributed by atoms with van der Waals surface area (Å²) in [5.74, 6) is 2.94. The van der Waals surface area contributed by atoms with E-state index in [9.17, 15) is 0 Å². The highest BCUT2D eigenvalue weighted by Gasteiger charge is 2.29. The Morgan fingerprint density at radius 3 is 2.95 bits per heavy atom. The topological polar surface area (TPSA) is 94.0 Å². The highest BCUT2D eigenvalue weighted by atomic mass is 16.5. The number of aryl methyl sites for hydroxylation is 1. The quantitative estimate of drug-likeness (QED) is 0.884. The molecule has 0 aliphatic heterocycles. The number of hydrogen-bond donors (Lipinski definition) is 1. The highest BCUT2D eigenvalue weighted by Crippen LogP contribution is 2.38. The summed E-state index contributed by atoms with van der Waals surface area (Å²) >= 11 is 0. The molecule has 0 radical (unpaired) electrons. The van der Waals surface area contributed by atoms with Crippen LogP contribution in [0, 0.1) is 6.92 Å². The predicted molar refractivity (Wildman–Crippen MR) is 69.6 cm³/mol. The number of hydrogen-bond acceptors (Lipinski definition) is 7. The van der Waals surface area contributed by atoms with Gasteiger partial charge in [0.2, 0.25) is 11.8 Å². The van der Waals surface area contributed by atoms with Crippen molar-refractivity contribution in [2.75, 3.05) is 17.7 Å². The molecule has 0 saturated heterocycles. The number of anilines is 2. The standard InChI is InChI=1S/C12H16N6O/c1-7-5-14-12(13)16-10(7)18(2)6-9-15-11(19-17-9)8-3-4-8/h5,8H,3-4,6H2,1-2H3,(H2,13,14,16). The fourth-order valence-corrected chi connectivity index (χ4v) is 1.95. The van der Waals surface area contributed by atoms with Crippen molar-refractivity contribution in [3.8, 4) is 0 Å². The number of nitrogens with two attached hydrogens (primary N) is 1. The van der Waals surface area contributed by atoms with Gasteiger partial charge in [-0.15, -0.1) is 0 Å². The van der Waals surface area contributed by atoms with Crippen LogP contribution < -0.4 is 10.6 Å². The molecule has 0 aromatic carbocycles. The van der Waals surface area contributed by atoms with Gasteiger partial charge in [0, 0.05) is 24.7 Å². The maximum absolute atomic E-state index is 5.61. The molecule has 0 spiro atoms. The first kappa shape index (κ1) is 11.9. The lowest BCUT2D eigenvalue weighted by molar-refractivity contribution is 0.374. The molecular weight excluding hydrogens is 244 g/mol. The van der Waals surface area contributed by atoms with E-state index in [-0.39, 0.29) is 5.95 Å². The molecule has 100 valence electrons. The Hall–Kier alpha value is -2.18. The van der Waals surface area contributed by atoms with E-state index in [1.165, 1.54) is 0 Å². The smallest absolute Gasteiger partial charge is 0.229 e. The average molecular weight is 260 g/mol. The summed E-state index contributed by atoms with van der Waals surface area (Å²) in [5, 5.41) is 3.99. The largest absolute Gasteiger partial charge is 0.368 e. The molecule has 0 unspecified atom stereocenters. The molecule has 19 heavy (non-hydrogen) atoms. The van der Waals surface area contributed by atoms with Gasteiger partial charge in [-0.2, -0.15) is 9.97 Å². The minimum Gasteiger partial charge on any atom is -0.368 e. The Kier molecular flexibility index (Phi) is 2.81. The minimum absolute atomic E-state index is 0.263. The van der Waals surface area contributed by atoms with Crippen molar-refractivity contribution in [3.63, 3.8) is 0 Å². The fraction of sp³-hybridized carbons (Fsp3) is 0.500. The second kappa shape index (κ2) is 4.49. The van der Waals surface area contributed by atoms with Crippen molar-refractivity contribution >= 4 is 11.8 Å².